The number of esters is 1. The molecule has 27 heavy (non-hydrogen) atoms. The van der Waals surface area contributed by atoms with Crippen molar-refractivity contribution < 1.29 is 33.3 Å². The fourth-order valence-electron chi connectivity index (χ4n) is 2.41. The molecule has 1 rings (SSSR count). The topological polar surface area (TPSA) is 126 Å². The number of imide groups is 1. The average molecular weight is 382 g/mol. The highest BCUT2D eigenvalue weighted by atomic mass is 16.5. The molecule has 1 aromatic carbocycles. The molecule has 0 bridgehead atoms. The van der Waals surface area contributed by atoms with Gasteiger partial charge >= 0.3 is 12.0 Å². The molecule has 0 saturated carbocycles. The second-order valence-corrected chi connectivity index (χ2v) is 6.04. The molecular formula is C18H26N2O7. The highest BCUT2D eigenvalue weighted by Crippen LogP contribution is 2.38. The summed E-state index contributed by atoms with van der Waals surface area (Å²) < 4.78 is 21.0. The molecule has 0 fully saturated rings. The van der Waals surface area contributed by atoms with Crippen molar-refractivity contribution >= 4 is 17.9 Å². The van der Waals surface area contributed by atoms with Crippen molar-refractivity contribution in [1.29, 1.82) is 0 Å². The van der Waals surface area contributed by atoms with Gasteiger partial charge in [-0.1, -0.05) is 13.8 Å². The fraction of sp³-hybridized carbons (Fsp3) is 0.500. The van der Waals surface area contributed by atoms with E-state index in [2.05, 4.69) is 0 Å². The first-order chi connectivity index (χ1) is 12.7. The normalized spacial score (nSPS) is 11.5. The van der Waals surface area contributed by atoms with Crippen LogP contribution in [0, 0.1) is 5.92 Å². The quantitative estimate of drug-likeness (QED) is 0.618. The monoisotopic (exact) mass is 382 g/mol. The van der Waals surface area contributed by atoms with Gasteiger partial charge in [0.1, 0.15) is 0 Å². The van der Waals surface area contributed by atoms with Crippen molar-refractivity contribution in [2.75, 3.05) is 21.3 Å². The van der Waals surface area contributed by atoms with Crippen molar-refractivity contribution in [3.63, 3.8) is 0 Å². The predicted molar refractivity (Wildman–Crippen MR) is 96.9 cm³/mol. The zero-order valence-corrected chi connectivity index (χ0v) is 16.2. The van der Waals surface area contributed by atoms with Gasteiger partial charge in [-0.2, -0.15) is 0 Å². The Morgan fingerprint density at radius 2 is 1.59 bits per heavy atom. The van der Waals surface area contributed by atoms with Crippen LogP contribution < -0.4 is 25.3 Å². The summed E-state index contributed by atoms with van der Waals surface area (Å²) >= 11 is 0. The lowest BCUT2D eigenvalue weighted by atomic mass is 10.1. The first-order valence-corrected chi connectivity index (χ1v) is 8.32. The van der Waals surface area contributed by atoms with Crippen LogP contribution in [0.25, 0.3) is 0 Å². The summed E-state index contributed by atoms with van der Waals surface area (Å²) in [6, 6.07) is 2.46. The molecule has 1 atom stereocenters. The smallest absolute Gasteiger partial charge is 0.318 e. The van der Waals surface area contributed by atoms with Crippen molar-refractivity contribution in [2.24, 2.45) is 11.7 Å². The largest absolute Gasteiger partial charge is 0.493 e. The molecule has 0 unspecified atom stereocenters. The maximum Gasteiger partial charge on any atom is 0.318 e. The fourth-order valence-corrected chi connectivity index (χ4v) is 2.41. The van der Waals surface area contributed by atoms with Gasteiger partial charge in [-0.25, -0.2) is 4.79 Å². The number of nitrogens with two attached hydrogens (primary N) is 1. The summed E-state index contributed by atoms with van der Waals surface area (Å²) in [5, 5.41) is 1.92. The molecule has 0 aliphatic rings. The maximum atomic E-state index is 12.1. The van der Waals surface area contributed by atoms with Crippen molar-refractivity contribution in [3.8, 4) is 17.2 Å². The molecule has 0 radical (unpaired) electrons. The van der Waals surface area contributed by atoms with Gasteiger partial charge < -0.3 is 24.7 Å². The molecule has 3 N–H and O–H groups in total. The number of methoxy groups -OCH3 is 3. The summed E-state index contributed by atoms with van der Waals surface area (Å²) in [5.74, 6) is -0.258. The van der Waals surface area contributed by atoms with Crippen LogP contribution in [0.1, 0.15) is 25.8 Å². The molecule has 9 nitrogen and oxygen atoms in total. The number of urea groups is 1. The number of primary amides is 1. The molecule has 0 spiro atoms. The molecule has 0 aromatic heterocycles. The Kier molecular flexibility index (Phi) is 8.37. The van der Waals surface area contributed by atoms with E-state index in [4.69, 9.17) is 24.7 Å². The van der Waals surface area contributed by atoms with Gasteiger partial charge in [0.25, 0.3) is 5.91 Å². The van der Waals surface area contributed by atoms with Gasteiger partial charge in [0.05, 0.1) is 21.3 Å². The lowest BCUT2D eigenvalue weighted by molar-refractivity contribution is -0.158. The van der Waals surface area contributed by atoms with Crippen LogP contribution >= 0.6 is 0 Å². The van der Waals surface area contributed by atoms with E-state index < -0.39 is 24.0 Å². The van der Waals surface area contributed by atoms with Gasteiger partial charge in [-0.05, 0) is 30.0 Å². The lowest BCUT2D eigenvalue weighted by Crippen LogP contribution is -2.45. The highest BCUT2D eigenvalue weighted by molar-refractivity contribution is 5.96. The third kappa shape index (κ3) is 6.36. The maximum absolute atomic E-state index is 12.1. The van der Waals surface area contributed by atoms with Crippen LogP contribution in [0.3, 0.4) is 0 Å². The van der Waals surface area contributed by atoms with Crippen LogP contribution in [-0.2, 0) is 20.7 Å². The van der Waals surface area contributed by atoms with Gasteiger partial charge in [-0.15, -0.1) is 0 Å². The number of amides is 3. The molecule has 3 amide bonds. The number of carbonyl (C=O) groups excluding carboxylic acids is 3. The Bertz CT molecular complexity index is 663. The van der Waals surface area contributed by atoms with E-state index in [1.54, 1.807) is 26.0 Å². The molecule has 9 heteroatoms. The predicted octanol–water partition coefficient (Wildman–Crippen LogP) is 1.41. The van der Waals surface area contributed by atoms with Crippen molar-refractivity contribution in [3.05, 3.63) is 17.7 Å². The first kappa shape index (κ1) is 22.1. The van der Waals surface area contributed by atoms with Crippen LogP contribution in [-0.4, -0.2) is 45.3 Å². The SMILES string of the molecule is COc1cc(CCC(=O)O[C@H](C(=O)NC(N)=O)C(C)C)cc(OC)c1OC. The van der Waals surface area contributed by atoms with E-state index in [1.807, 2.05) is 5.32 Å². The van der Waals surface area contributed by atoms with E-state index in [-0.39, 0.29) is 12.3 Å². The standard InChI is InChI=1S/C18H26N2O7/c1-10(2)15(17(22)20-18(19)23)27-14(21)7-6-11-8-12(24-3)16(26-5)13(9-11)25-4/h8-10,15H,6-7H2,1-5H3,(H3,19,20,22,23)/t15-/m0/s1. The van der Waals surface area contributed by atoms with Crippen LogP contribution in [0.5, 0.6) is 17.2 Å². The Morgan fingerprint density at radius 1 is 1.04 bits per heavy atom. The third-order valence-electron chi connectivity index (χ3n) is 3.71. The summed E-state index contributed by atoms with van der Waals surface area (Å²) in [6.07, 6.45) is -0.756. The van der Waals surface area contributed by atoms with E-state index in [9.17, 15) is 14.4 Å². The van der Waals surface area contributed by atoms with Crippen LogP contribution in [0.4, 0.5) is 4.79 Å². The molecule has 0 heterocycles. The summed E-state index contributed by atoms with van der Waals surface area (Å²) in [7, 11) is 4.50. The summed E-state index contributed by atoms with van der Waals surface area (Å²) in [6.45, 7) is 3.38. The number of aryl methyl sites for hydroxylation is 1. The number of carbonyl (C=O) groups is 3. The first-order valence-electron chi connectivity index (χ1n) is 8.32. The zero-order valence-electron chi connectivity index (χ0n) is 16.2. The van der Waals surface area contributed by atoms with Gasteiger partial charge in [0, 0.05) is 6.42 Å². The van der Waals surface area contributed by atoms with Crippen molar-refractivity contribution in [1.82, 2.24) is 5.32 Å². The van der Waals surface area contributed by atoms with E-state index in [0.717, 1.165) is 5.56 Å². The molecular weight excluding hydrogens is 356 g/mol. The van der Waals surface area contributed by atoms with Crippen LogP contribution in [0.2, 0.25) is 0 Å². The number of hydrogen-bond acceptors (Lipinski definition) is 7. The number of ether oxygens (including phenoxy) is 4. The molecule has 0 aliphatic carbocycles. The molecule has 1 aromatic rings. The van der Waals surface area contributed by atoms with Crippen molar-refractivity contribution in [2.45, 2.75) is 32.8 Å². The summed E-state index contributed by atoms with van der Waals surface area (Å²) in [4.78, 5) is 34.9. The lowest BCUT2D eigenvalue weighted by Gasteiger charge is -2.20. The minimum absolute atomic E-state index is 0.0196. The minimum atomic E-state index is -1.11. The zero-order chi connectivity index (χ0) is 20.6. The second kappa shape index (κ2) is 10.2. The Balaban J connectivity index is 2.80. The van der Waals surface area contributed by atoms with Gasteiger partial charge in [-0.3, -0.25) is 14.9 Å². The Hall–Kier alpha value is -2.97. The number of hydrogen-bond donors (Lipinski definition) is 2. The van der Waals surface area contributed by atoms with Gasteiger partial charge in [0.2, 0.25) is 5.75 Å². The second-order valence-electron chi connectivity index (χ2n) is 6.04. The Labute approximate surface area is 158 Å². The molecule has 0 aliphatic heterocycles. The number of benzene rings is 1. The third-order valence-corrected chi connectivity index (χ3v) is 3.71. The Morgan fingerprint density at radius 3 is 2.00 bits per heavy atom. The van der Waals surface area contributed by atoms with E-state index >= 15 is 0 Å². The van der Waals surface area contributed by atoms with E-state index in [1.165, 1.54) is 21.3 Å². The highest BCUT2D eigenvalue weighted by Gasteiger charge is 2.27. The van der Waals surface area contributed by atoms with E-state index in [0.29, 0.717) is 23.7 Å². The average Bonchev–Trinajstić information content (AvgIpc) is 2.62. The molecule has 0 saturated heterocycles. The van der Waals surface area contributed by atoms with Gasteiger partial charge in [0.15, 0.2) is 17.6 Å². The summed E-state index contributed by atoms with van der Waals surface area (Å²) in [5.41, 5.74) is 5.70. The number of nitrogens with one attached hydrogen (secondary N) is 1. The minimum Gasteiger partial charge on any atom is -0.493 e. The molecule has 150 valence electrons. The number of rotatable bonds is 9. The van der Waals surface area contributed by atoms with Crippen LogP contribution in [0.15, 0.2) is 12.1 Å².